The number of nitrogens with zero attached hydrogens (tertiary/aromatic N) is 2. The molecular weight excluding hydrogens is 426 g/mol. The van der Waals surface area contributed by atoms with Crippen molar-refractivity contribution in [3.8, 4) is 0 Å². The molecule has 2 rings (SSSR count). The number of aliphatic hydroxyl groups excluding tert-OH is 1. The van der Waals surface area contributed by atoms with Crippen LogP contribution in [0.25, 0.3) is 0 Å². The molecule has 0 saturated carbocycles. The van der Waals surface area contributed by atoms with E-state index in [1.54, 1.807) is 6.92 Å². The first kappa shape index (κ1) is 27.0. The Kier molecular flexibility index (Phi) is 8.72. The van der Waals surface area contributed by atoms with Crippen molar-refractivity contribution in [3.63, 3.8) is 0 Å². The maximum atomic E-state index is 12.6. The van der Waals surface area contributed by atoms with E-state index in [9.17, 15) is 14.7 Å². The second-order valence-corrected chi connectivity index (χ2v) is 16.0. The molecule has 2 atom stereocenters. The third-order valence-corrected chi connectivity index (χ3v) is 13.1. The lowest BCUT2D eigenvalue weighted by Crippen LogP contribution is -2.62. The van der Waals surface area contributed by atoms with E-state index in [1.165, 1.54) is 10.8 Å². The summed E-state index contributed by atoms with van der Waals surface area (Å²) < 4.78 is 14.7. The predicted octanol–water partition coefficient (Wildman–Crippen LogP) is 3.01. The number of aliphatic hydroxyl groups is 1. The molecule has 2 N–H and O–H groups in total. The van der Waals surface area contributed by atoms with Crippen molar-refractivity contribution < 1.29 is 14.3 Å². The molecule has 9 heteroatoms. The molecule has 1 aromatic rings. The minimum atomic E-state index is -2.18. The monoisotopic (exact) mass is 469 g/mol. The highest BCUT2D eigenvalue weighted by atomic mass is 28.4. The predicted molar refractivity (Wildman–Crippen MR) is 130 cm³/mol. The van der Waals surface area contributed by atoms with Gasteiger partial charge in [0.25, 0.3) is 5.56 Å². The zero-order valence-corrected chi connectivity index (χ0v) is 22.3. The minimum absolute atomic E-state index is 0.189. The van der Waals surface area contributed by atoms with Crippen molar-refractivity contribution in [1.29, 1.82) is 0 Å². The van der Waals surface area contributed by atoms with Crippen LogP contribution in [0.3, 0.4) is 0 Å². The first-order chi connectivity index (χ1) is 14.8. The van der Waals surface area contributed by atoms with Gasteiger partial charge in [-0.2, -0.15) is 0 Å². The second kappa shape index (κ2) is 10.3. The lowest BCUT2D eigenvalue weighted by Gasteiger charge is -2.50. The third kappa shape index (κ3) is 5.28. The van der Waals surface area contributed by atoms with E-state index in [-0.39, 0.29) is 19.3 Å². The topological polar surface area (TPSA) is 96.8 Å². The van der Waals surface area contributed by atoms with Crippen molar-refractivity contribution >= 4 is 8.32 Å². The summed E-state index contributed by atoms with van der Waals surface area (Å²) in [5, 5.41) is 10.5. The minimum Gasteiger partial charge on any atom is -0.413 e. The summed E-state index contributed by atoms with van der Waals surface area (Å²) in [7, 11) is -2.18. The van der Waals surface area contributed by atoms with Gasteiger partial charge in [-0.05, 0) is 37.4 Å². The van der Waals surface area contributed by atoms with Crippen LogP contribution in [0.2, 0.25) is 16.6 Å². The van der Waals surface area contributed by atoms with Crippen LogP contribution in [0.4, 0.5) is 0 Å². The zero-order valence-electron chi connectivity index (χ0n) is 21.3. The molecule has 2 heterocycles. The normalized spacial score (nSPS) is 23.1. The van der Waals surface area contributed by atoms with Gasteiger partial charge in [-0.15, -0.1) is 0 Å². The number of nitrogens with one attached hydrogen (secondary N) is 1. The number of aryl methyl sites for hydroxylation is 1. The van der Waals surface area contributed by atoms with Gasteiger partial charge in [-0.25, -0.2) is 4.79 Å². The summed E-state index contributed by atoms with van der Waals surface area (Å²) >= 11 is 0. The average Bonchev–Trinajstić information content (AvgIpc) is 2.70. The quantitative estimate of drug-likeness (QED) is 0.540. The maximum absolute atomic E-state index is 12.6. The van der Waals surface area contributed by atoms with Crippen molar-refractivity contribution in [3.05, 3.63) is 32.6 Å². The van der Waals surface area contributed by atoms with Crippen LogP contribution >= 0.6 is 0 Å². The number of rotatable bonds is 9. The lowest BCUT2D eigenvalue weighted by atomic mass is 10.0. The molecule has 0 bridgehead atoms. The number of hydrogen-bond donors (Lipinski definition) is 2. The van der Waals surface area contributed by atoms with Gasteiger partial charge < -0.3 is 14.3 Å². The van der Waals surface area contributed by atoms with Crippen LogP contribution in [0, 0.1) is 6.92 Å². The largest absolute Gasteiger partial charge is 0.413 e. The first-order valence-corrected chi connectivity index (χ1v) is 13.9. The third-order valence-electron chi connectivity index (χ3n) is 7.03. The van der Waals surface area contributed by atoms with Crippen LogP contribution in [0.15, 0.2) is 15.8 Å². The van der Waals surface area contributed by atoms with E-state index in [0.29, 0.717) is 35.3 Å². The van der Waals surface area contributed by atoms with E-state index in [4.69, 9.17) is 9.16 Å². The fourth-order valence-corrected chi connectivity index (χ4v) is 10.8. The maximum Gasteiger partial charge on any atom is 0.330 e. The number of aromatic amines is 1. The lowest BCUT2D eigenvalue weighted by molar-refractivity contribution is -0.217. The second-order valence-electron chi connectivity index (χ2n) is 10.5. The van der Waals surface area contributed by atoms with Gasteiger partial charge in [-0.1, -0.05) is 41.5 Å². The molecule has 0 amide bonds. The van der Waals surface area contributed by atoms with Crippen LogP contribution in [-0.2, 0) is 9.16 Å². The molecule has 0 aromatic carbocycles. The molecular formula is C23H43N3O5Si. The number of hydrogen-bond acceptors (Lipinski definition) is 6. The Hall–Kier alpha value is -1.26. The Balaban J connectivity index is 2.45. The van der Waals surface area contributed by atoms with Crippen LogP contribution in [0.1, 0.15) is 67.2 Å². The van der Waals surface area contributed by atoms with Gasteiger partial charge in [-0.3, -0.25) is 19.2 Å². The fourth-order valence-electron chi connectivity index (χ4n) is 5.31. The number of aromatic nitrogens is 2. The van der Waals surface area contributed by atoms with Gasteiger partial charge in [0.2, 0.25) is 0 Å². The zero-order chi connectivity index (χ0) is 24.4. The van der Waals surface area contributed by atoms with Crippen molar-refractivity contribution in [2.45, 2.75) is 96.8 Å². The van der Waals surface area contributed by atoms with Gasteiger partial charge in [0.15, 0.2) is 14.5 Å². The summed E-state index contributed by atoms with van der Waals surface area (Å²) in [4.78, 5) is 29.0. The Morgan fingerprint density at radius 2 is 1.72 bits per heavy atom. The molecule has 1 fully saturated rings. The van der Waals surface area contributed by atoms with E-state index in [1.807, 2.05) is 0 Å². The summed E-state index contributed by atoms with van der Waals surface area (Å²) in [5.41, 5.74) is -0.227. The van der Waals surface area contributed by atoms with Crippen molar-refractivity contribution in [2.75, 3.05) is 26.3 Å². The number of morpholine rings is 1. The molecule has 8 nitrogen and oxygen atoms in total. The molecule has 1 saturated heterocycles. The van der Waals surface area contributed by atoms with Crippen LogP contribution in [0.5, 0.6) is 0 Å². The molecule has 0 aliphatic carbocycles. The smallest absolute Gasteiger partial charge is 0.330 e. The molecule has 1 aromatic heterocycles. The summed E-state index contributed by atoms with van der Waals surface area (Å²) in [5.74, 6) is 0. The molecule has 1 aliphatic rings. The Labute approximate surface area is 193 Å². The van der Waals surface area contributed by atoms with Gasteiger partial charge in [0.05, 0.1) is 13.2 Å². The molecule has 32 heavy (non-hydrogen) atoms. The summed E-state index contributed by atoms with van der Waals surface area (Å²) in [6.07, 6.45) is 0.895. The van der Waals surface area contributed by atoms with E-state index in [2.05, 4.69) is 65.3 Å². The van der Waals surface area contributed by atoms with E-state index in [0.717, 1.165) is 0 Å². The van der Waals surface area contributed by atoms with Crippen LogP contribution < -0.4 is 11.2 Å². The molecule has 1 aliphatic heterocycles. The fraction of sp³-hybridized carbons (Fsp3) is 0.826. The highest BCUT2D eigenvalue weighted by Gasteiger charge is 2.49. The van der Waals surface area contributed by atoms with E-state index >= 15 is 0 Å². The Morgan fingerprint density at radius 3 is 2.19 bits per heavy atom. The first-order valence-electron chi connectivity index (χ1n) is 11.8. The van der Waals surface area contributed by atoms with Crippen LogP contribution in [-0.4, -0.2) is 65.8 Å². The Bertz CT molecular complexity index is 857. The van der Waals surface area contributed by atoms with Gasteiger partial charge in [0.1, 0.15) is 5.60 Å². The van der Waals surface area contributed by atoms with E-state index < -0.39 is 31.4 Å². The number of ether oxygens (including phenoxy) is 1. The molecule has 0 unspecified atom stereocenters. The van der Waals surface area contributed by atoms with Crippen molar-refractivity contribution in [1.82, 2.24) is 14.5 Å². The average molecular weight is 470 g/mol. The Morgan fingerprint density at radius 1 is 1.16 bits per heavy atom. The highest BCUT2D eigenvalue weighted by molar-refractivity contribution is 6.77. The van der Waals surface area contributed by atoms with Crippen molar-refractivity contribution in [2.24, 2.45) is 0 Å². The van der Waals surface area contributed by atoms with Gasteiger partial charge in [0, 0.05) is 30.9 Å². The summed E-state index contributed by atoms with van der Waals surface area (Å²) in [6.45, 7) is 20.2. The highest BCUT2D eigenvalue weighted by Crippen LogP contribution is 2.43. The molecule has 0 spiro atoms. The SMILES string of the molecule is Cc1cn([C@H]2CN(C(C)C)C[C@](CO)(CO[Si](C(C)C)(C(C)C)C(C)C)O2)c(=O)[nH]c1=O. The summed E-state index contributed by atoms with van der Waals surface area (Å²) in [6, 6.07) is 0.189. The van der Waals surface area contributed by atoms with Gasteiger partial charge >= 0.3 is 5.69 Å². The number of H-pyrrole nitrogens is 1. The molecule has 0 radical (unpaired) electrons. The molecule has 184 valence electrons. The standard InChI is InChI=1S/C23H43N3O5Si/c1-15(2)25-11-20(26-10-19(9)21(28)24-22(26)29)31-23(12-25,13-27)14-30-32(16(3)4,17(5)6)18(7)8/h10,15-18,20,27H,11-14H2,1-9H3,(H,24,28,29)/t20-,23+/m1/s1.